The standard InChI is InChI=1S/C23H28O6/c24-20(17-23(25)26)18-27-13-7-9-19-8-6-12-22(16-19)29-15-5-4-14-28-21-10-2-1-3-11-21/h1-3,6,8,10-12,16H,4-5,7,9,13-15,17-18H2,(H,25,26). The van der Waals surface area contributed by atoms with Crippen LogP contribution in [0.4, 0.5) is 0 Å². The molecule has 6 nitrogen and oxygen atoms in total. The molecule has 0 saturated carbocycles. The van der Waals surface area contributed by atoms with Crippen LogP contribution >= 0.6 is 0 Å². The van der Waals surface area contributed by atoms with Crippen molar-refractivity contribution < 1.29 is 28.9 Å². The number of aliphatic carboxylic acids is 1. The van der Waals surface area contributed by atoms with E-state index in [-0.39, 0.29) is 6.61 Å². The Balaban J connectivity index is 1.55. The Morgan fingerprint density at radius 1 is 0.793 bits per heavy atom. The smallest absolute Gasteiger partial charge is 0.310 e. The number of rotatable bonds is 15. The maximum absolute atomic E-state index is 11.2. The summed E-state index contributed by atoms with van der Waals surface area (Å²) in [4.78, 5) is 21.6. The maximum atomic E-state index is 11.2. The van der Waals surface area contributed by atoms with Crippen molar-refractivity contribution in [1.29, 1.82) is 0 Å². The SMILES string of the molecule is O=C(O)CC(=O)COCCCc1cccc(OCCCCOc2ccccc2)c1. The molecule has 0 saturated heterocycles. The van der Waals surface area contributed by atoms with Crippen LogP contribution in [0, 0.1) is 0 Å². The number of benzene rings is 2. The van der Waals surface area contributed by atoms with Crippen LogP contribution in [0.15, 0.2) is 54.6 Å². The summed E-state index contributed by atoms with van der Waals surface area (Å²) in [5, 5.41) is 8.52. The Morgan fingerprint density at radius 3 is 2.21 bits per heavy atom. The molecule has 6 heteroatoms. The number of carbonyl (C=O) groups is 2. The third kappa shape index (κ3) is 10.3. The minimum absolute atomic E-state index is 0.149. The Labute approximate surface area is 171 Å². The predicted molar refractivity (Wildman–Crippen MR) is 110 cm³/mol. The zero-order chi connectivity index (χ0) is 20.7. The Bertz CT molecular complexity index is 744. The van der Waals surface area contributed by atoms with E-state index in [2.05, 4.69) is 0 Å². The largest absolute Gasteiger partial charge is 0.494 e. The van der Waals surface area contributed by atoms with E-state index in [1.165, 1.54) is 0 Å². The van der Waals surface area contributed by atoms with Crippen molar-refractivity contribution in [2.24, 2.45) is 0 Å². The number of hydrogen-bond acceptors (Lipinski definition) is 5. The second-order valence-corrected chi connectivity index (χ2v) is 6.63. The molecule has 0 atom stereocenters. The van der Waals surface area contributed by atoms with Gasteiger partial charge in [0, 0.05) is 6.61 Å². The highest BCUT2D eigenvalue weighted by Crippen LogP contribution is 2.15. The number of para-hydroxylation sites is 1. The molecule has 0 unspecified atom stereocenters. The van der Waals surface area contributed by atoms with Gasteiger partial charge >= 0.3 is 5.97 Å². The number of carboxylic acids is 1. The van der Waals surface area contributed by atoms with Crippen LogP contribution in [0.5, 0.6) is 11.5 Å². The fourth-order valence-electron chi connectivity index (χ4n) is 2.68. The van der Waals surface area contributed by atoms with E-state index in [1.807, 2.05) is 54.6 Å². The van der Waals surface area contributed by atoms with Crippen molar-refractivity contribution in [3.8, 4) is 11.5 Å². The lowest BCUT2D eigenvalue weighted by Gasteiger charge is -2.09. The molecule has 0 spiro atoms. The van der Waals surface area contributed by atoms with Crippen molar-refractivity contribution >= 4 is 11.8 Å². The van der Waals surface area contributed by atoms with Crippen LogP contribution in [-0.4, -0.2) is 43.3 Å². The molecule has 0 aliphatic heterocycles. The summed E-state index contributed by atoms with van der Waals surface area (Å²) < 4.78 is 16.7. The van der Waals surface area contributed by atoms with Gasteiger partial charge in [-0.05, 0) is 55.5 Å². The molecular formula is C23H28O6. The lowest BCUT2D eigenvalue weighted by Crippen LogP contribution is -2.14. The molecule has 0 aliphatic carbocycles. The predicted octanol–water partition coefficient (Wildman–Crippen LogP) is 3.92. The summed E-state index contributed by atoms with van der Waals surface area (Å²) in [5.41, 5.74) is 1.13. The second kappa shape index (κ2) is 13.3. The van der Waals surface area contributed by atoms with Gasteiger partial charge in [-0.25, -0.2) is 0 Å². The fourth-order valence-corrected chi connectivity index (χ4v) is 2.68. The van der Waals surface area contributed by atoms with E-state index in [0.29, 0.717) is 19.8 Å². The summed E-state index contributed by atoms with van der Waals surface area (Å²) >= 11 is 0. The van der Waals surface area contributed by atoms with Crippen LogP contribution in [-0.2, 0) is 20.7 Å². The van der Waals surface area contributed by atoms with E-state index >= 15 is 0 Å². The molecule has 0 bridgehead atoms. The fraction of sp³-hybridized carbons (Fsp3) is 0.391. The molecule has 2 aromatic carbocycles. The second-order valence-electron chi connectivity index (χ2n) is 6.63. The van der Waals surface area contributed by atoms with Gasteiger partial charge in [0.15, 0.2) is 5.78 Å². The summed E-state index contributed by atoms with van der Waals surface area (Å²) in [6.45, 7) is 1.57. The Hall–Kier alpha value is -2.86. The quantitative estimate of drug-likeness (QED) is 0.360. The highest BCUT2D eigenvalue weighted by molar-refractivity contribution is 5.95. The summed E-state index contributed by atoms with van der Waals surface area (Å²) in [6.07, 6.45) is 2.90. The highest BCUT2D eigenvalue weighted by atomic mass is 16.5. The van der Waals surface area contributed by atoms with Gasteiger partial charge in [0.1, 0.15) is 24.5 Å². The van der Waals surface area contributed by atoms with Gasteiger partial charge in [0.05, 0.1) is 13.2 Å². The molecular weight excluding hydrogens is 372 g/mol. The van der Waals surface area contributed by atoms with E-state index < -0.39 is 18.2 Å². The summed E-state index contributed by atoms with van der Waals surface area (Å²) in [6, 6.07) is 17.7. The number of hydrogen-bond donors (Lipinski definition) is 1. The van der Waals surface area contributed by atoms with Gasteiger partial charge in [-0.15, -0.1) is 0 Å². The Morgan fingerprint density at radius 2 is 1.48 bits per heavy atom. The van der Waals surface area contributed by atoms with Crippen LogP contribution < -0.4 is 9.47 Å². The Kier molecular flexibility index (Phi) is 10.3. The first-order valence-corrected chi connectivity index (χ1v) is 9.84. The van der Waals surface area contributed by atoms with Crippen molar-refractivity contribution in [3.05, 3.63) is 60.2 Å². The van der Waals surface area contributed by atoms with Gasteiger partial charge < -0.3 is 19.3 Å². The van der Waals surface area contributed by atoms with Gasteiger partial charge in [-0.2, -0.15) is 0 Å². The highest BCUT2D eigenvalue weighted by Gasteiger charge is 2.07. The molecule has 29 heavy (non-hydrogen) atoms. The van der Waals surface area contributed by atoms with Crippen molar-refractivity contribution in [2.75, 3.05) is 26.4 Å². The number of aryl methyl sites for hydroxylation is 1. The zero-order valence-corrected chi connectivity index (χ0v) is 16.5. The third-order valence-electron chi connectivity index (χ3n) is 4.08. The minimum Gasteiger partial charge on any atom is -0.494 e. The number of ether oxygens (including phenoxy) is 3. The minimum atomic E-state index is -1.13. The van der Waals surface area contributed by atoms with Crippen molar-refractivity contribution in [3.63, 3.8) is 0 Å². The maximum Gasteiger partial charge on any atom is 0.310 e. The van der Waals surface area contributed by atoms with Gasteiger partial charge in [-0.1, -0.05) is 30.3 Å². The van der Waals surface area contributed by atoms with E-state index in [4.69, 9.17) is 19.3 Å². The first-order chi connectivity index (χ1) is 14.1. The number of unbranched alkanes of at least 4 members (excludes halogenated alkanes) is 1. The van der Waals surface area contributed by atoms with Gasteiger partial charge in [0.25, 0.3) is 0 Å². The third-order valence-corrected chi connectivity index (χ3v) is 4.08. The number of ketones is 1. The number of carbonyl (C=O) groups excluding carboxylic acids is 1. The lowest BCUT2D eigenvalue weighted by atomic mass is 10.1. The molecule has 2 aromatic rings. The van der Waals surface area contributed by atoms with E-state index in [0.717, 1.165) is 42.7 Å². The summed E-state index contributed by atoms with van der Waals surface area (Å²) in [7, 11) is 0. The van der Waals surface area contributed by atoms with Gasteiger partial charge in [-0.3, -0.25) is 9.59 Å². The molecule has 0 amide bonds. The van der Waals surface area contributed by atoms with Crippen LogP contribution in [0.2, 0.25) is 0 Å². The molecule has 2 rings (SSSR count). The zero-order valence-electron chi connectivity index (χ0n) is 16.5. The first-order valence-electron chi connectivity index (χ1n) is 9.84. The van der Waals surface area contributed by atoms with Crippen molar-refractivity contribution in [1.82, 2.24) is 0 Å². The van der Waals surface area contributed by atoms with Crippen LogP contribution in [0.25, 0.3) is 0 Å². The molecule has 0 heterocycles. The van der Waals surface area contributed by atoms with E-state index in [9.17, 15) is 9.59 Å². The van der Waals surface area contributed by atoms with E-state index in [1.54, 1.807) is 0 Å². The molecule has 156 valence electrons. The van der Waals surface area contributed by atoms with Gasteiger partial charge in [0.2, 0.25) is 0 Å². The lowest BCUT2D eigenvalue weighted by molar-refractivity contribution is -0.141. The monoisotopic (exact) mass is 400 g/mol. The van der Waals surface area contributed by atoms with Crippen LogP contribution in [0.1, 0.15) is 31.2 Å². The van der Waals surface area contributed by atoms with Crippen LogP contribution in [0.3, 0.4) is 0 Å². The molecule has 0 aliphatic rings. The molecule has 0 fully saturated rings. The number of Topliss-reactive ketones (excluding diaryl/α,β-unsaturated/α-hetero) is 1. The molecule has 1 N–H and O–H groups in total. The average Bonchev–Trinajstić information content (AvgIpc) is 2.71. The first kappa shape index (κ1) is 22.4. The van der Waals surface area contributed by atoms with Crippen molar-refractivity contribution in [2.45, 2.75) is 32.1 Å². The topological polar surface area (TPSA) is 82.1 Å². The average molecular weight is 400 g/mol. The number of carboxylic acid groups (broad SMARTS) is 1. The normalized spacial score (nSPS) is 10.5. The summed E-state index contributed by atoms with van der Waals surface area (Å²) in [5.74, 6) is 0.182. The molecule has 0 aromatic heterocycles. The molecule has 0 radical (unpaired) electrons.